The number of carboxylic acids is 1. The van der Waals surface area contributed by atoms with Crippen LogP contribution in [-0.2, 0) is 13.0 Å². The first-order chi connectivity index (χ1) is 9.20. The van der Waals surface area contributed by atoms with E-state index in [-0.39, 0.29) is 0 Å². The van der Waals surface area contributed by atoms with E-state index >= 15 is 0 Å². The van der Waals surface area contributed by atoms with Crippen LogP contribution in [0.4, 0.5) is 0 Å². The maximum Gasteiger partial charge on any atom is 0.335 e. The van der Waals surface area contributed by atoms with E-state index in [1.165, 1.54) is 18.5 Å². The van der Waals surface area contributed by atoms with Gasteiger partial charge in [-0.1, -0.05) is 25.5 Å². The van der Waals surface area contributed by atoms with Crippen molar-refractivity contribution in [3.05, 3.63) is 59.4 Å². The second kappa shape index (κ2) is 6.23. The molecule has 0 aliphatic rings. The highest BCUT2D eigenvalue weighted by Crippen LogP contribution is 2.11. The summed E-state index contributed by atoms with van der Waals surface area (Å²) in [5, 5.41) is 8.87. The van der Waals surface area contributed by atoms with Crippen LogP contribution in [0.25, 0.3) is 0 Å². The Hall–Kier alpha value is -2.03. The summed E-state index contributed by atoms with van der Waals surface area (Å²) in [7, 11) is 0. The number of aryl methyl sites for hydroxylation is 1. The normalized spacial score (nSPS) is 10.6. The third kappa shape index (κ3) is 3.47. The van der Waals surface area contributed by atoms with Crippen LogP contribution in [0.2, 0.25) is 0 Å². The average Bonchev–Trinajstić information content (AvgIpc) is 2.84. The van der Waals surface area contributed by atoms with Crippen molar-refractivity contribution < 1.29 is 9.90 Å². The van der Waals surface area contributed by atoms with E-state index in [0.29, 0.717) is 5.56 Å². The Bertz CT molecular complexity index is 540. The van der Waals surface area contributed by atoms with Crippen LogP contribution < -0.4 is 0 Å². The van der Waals surface area contributed by atoms with Gasteiger partial charge < -0.3 is 9.67 Å². The van der Waals surface area contributed by atoms with E-state index in [1.807, 2.05) is 12.1 Å². The van der Waals surface area contributed by atoms with Gasteiger partial charge in [-0.3, -0.25) is 0 Å². The first kappa shape index (κ1) is 13.4. The standard InChI is InChI=1S/C16H19NO2/c1-2-3-5-15-6-4-11-17(15)12-13-7-9-14(10-8-13)16(18)19/h4,6-11H,2-3,5,12H2,1H3,(H,18,19). The van der Waals surface area contributed by atoms with E-state index in [4.69, 9.17) is 5.11 Å². The van der Waals surface area contributed by atoms with E-state index < -0.39 is 5.97 Å². The van der Waals surface area contributed by atoms with Crippen molar-refractivity contribution in [1.29, 1.82) is 0 Å². The fourth-order valence-electron chi connectivity index (χ4n) is 2.14. The molecule has 2 rings (SSSR count). The predicted molar refractivity (Wildman–Crippen MR) is 75.5 cm³/mol. The van der Waals surface area contributed by atoms with Gasteiger partial charge in [0.15, 0.2) is 0 Å². The molecule has 2 aromatic rings. The molecule has 1 aromatic heterocycles. The number of unbranched alkanes of at least 4 members (excludes halogenated alkanes) is 1. The van der Waals surface area contributed by atoms with Crippen molar-refractivity contribution in [2.75, 3.05) is 0 Å². The molecule has 0 saturated carbocycles. The molecule has 100 valence electrons. The van der Waals surface area contributed by atoms with Crippen molar-refractivity contribution in [2.45, 2.75) is 32.7 Å². The monoisotopic (exact) mass is 257 g/mol. The Labute approximate surface area is 113 Å². The summed E-state index contributed by atoms with van der Waals surface area (Å²) in [6, 6.07) is 11.3. The van der Waals surface area contributed by atoms with E-state index in [2.05, 4.69) is 29.8 Å². The summed E-state index contributed by atoms with van der Waals surface area (Å²) < 4.78 is 2.23. The van der Waals surface area contributed by atoms with Gasteiger partial charge in [-0.2, -0.15) is 0 Å². The van der Waals surface area contributed by atoms with Gasteiger partial charge in [0.1, 0.15) is 0 Å². The van der Waals surface area contributed by atoms with Crippen LogP contribution in [0, 0.1) is 0 Å². The zero-order valence-electron chi connectivity index (χ0n) is 11.2. The molecule has 0 bridgehead atoms. The second-order valence-electron chi connectivity index (χ2n) is 4.73. The molecule has 1 heterocycles. The number of benzene rings is 1. The van der Waals surface area contributed by atoms with Crippen LogP contribution in [0.5, 0.6) is 0 Å². The number of nitrogens with zero attached hydrogens (tertiary/aromatic N) is 1. The molecule has 19 heavy (non-hydrogen) atoms. The zero-order valence-corrected chi connectivity index (χ0v) is 11.2. The predicted octanol–water partition coefficient (Wildman–Crippen LogP) is 3.58. The number of hydrogen-bond donors (Lipinski definition) is 1. The maximum atomic E-state index is 10.8. The third-order valence-corrected chi connectivity index (χ3v) is 3.26. The molecule has 0 aliphatic carbocycles. The fourth-order valence-corrected chi connectivity index (χ4v) is 2.14. The fraction of sp³-hybridized carbons (Fsp3) is 0.312. The number of carboxylic acid groups (broad SMARTS) is 1. The lowest BCUT2D eigenvalue weighted by Crippen LogP contribution is -2.04. The Balaban J connectivity index is 2.08. The highest BCUT2D eigenvalue weighted by Gasteiger charge is 2.04. The highest BCUT2D eigenvalue weighted by molar-refractivity contribution is 5.87. The number of carbonyl (C=O) groups is 1. The Morgan fingerprint density at radius 2 is 1.95 bits per heavy atom. The van der Waals surface area contributed by atoms with E-state index in [9.17, 15) is 4.79 Å². The molecule has 0 radical (unpaired) electrons. The first-order valence-electron chi connectivity index (χ1n) is 6.67. The molecule has 1 N–H and O–H groups in total. The van der Waals surface area contributed by atoms with E-state index in [0.717, 1.165) is 18.5 Å². The lowest BCUT2D eigenvalue weighted by atomic mass is 10.1. The summed E-state index contributed by atoms with van der Waals surface area (Å²) in [5.74, 6) is -0.879. The van der Waals surface area contributed by atoms with Crippen LogP contribution in [0.3, 0.4) is 0 Å². The summed E-state index contributed by atoms with van der Waals surface area (Å²) in [6.45, 7) is 2.99. The Kier molecular flexibility index (Phi) is 4.39. The SMILES string of the molecule is CCCCc1cccn1Cc1ccc(C(=O)O)cc1. The summed E-state index contributed by atoms with van der Waals surface area (Å²) in [5.41, 5.74) is 2.80. The summed E-state index contributed by atoms with van der Waals surface area (Å²) >= 11 is 0. The topological polar surface area (TPSA) is 42.2 Å². The largest absolute Gasteiger partial charge is 0.478 e. The Morgan fingerprint density at radius 1 is 1.21 bits per heavy atom. The van der Waals surface area contributed by atoms with Crippen LogP contribution in [0.15, 0.2) is 42.6 Å². The molecular weight excluding hydrogens is 238 g/mol. The molecule has 0 aliphatic heterocycles. The molecule has 0 atom stereocenters. The maximum absolute atomic E-state index is 10.8. The van der Waals surface area contributed by atoms with Crippen LogP contribution >= 0.6 is 0 Å². The third-order valence-electron chi connectivity index (χ3n) is 3.26. The van der Waals surface area contributed by atoms with Crippen LogP contribution in [-0.4, -0.2) is 15.6 Å². The minimum atomic E-state index is -0.879. The van der Waals surface area contributed by atoms with Gasteiger partial charge in [-0.25, -0.2) is 4.79 Å². The van der Waals surface area contributed by atoms with E-state index in [1.54, 1.807) is 12.1 Å². The van der Waals surface area contributed by atoms with Gasteiger partial charge in [0.25, 0.3) is 0 Å². The average molecular weight is 257 g/mol. The number of rotatable bonds is 6. The Morgan fingerprint density at radius 3 is 2.58 bits per heavy atom. The lowest BCUT2D eigenvalue weighted by Gasteiger charge is -2.09. The molecule has 0 spiro atoms. The smallest absolute Gasteiger partial charge is 0.335 e. The summed E-state index contributed by atoms with van der Waals surface area (Å²) in [4.78, 5) is 10.8. The van der Waals surface area contributed by atoms with Gasteiger partial charge in [0.05, 0.1) is 5.56 Å². The van der Waals surface area contributed by atoms with Crippen molar-refractivity contribution in [1.82, 2.24) is 4.57 Å². The summed E-state index contributed by atoms with van der Waals surface area (Å²) in [6.07, 6.45) is 5.56. The molecule has 1 aromatic carbocycles. The molecule has 0 fully saturated rings. The lowest BCUT2D eigenvalue weighted by molar-refractivity contribution is 0.0697. The quantitative estimate of drug-likeness (QED) is 0.859. The minimum Gasteiger partial charge on any atom is -0.478 e. The van der Waals surface area contributed by atoms with Gasteiger partial charge in [0, 0.05) is 18.4 Å². The first-order valence-corrected chi connectivity index (χ1v) is 6.67. The molecule has 0 unspecified atom stereocenters. The highest BCUT2D eigenvalue weighted by atomic mass is 16.4. The molecular formula is C16H19NO2. The van der Waals surface area contributed by atoms with Gasteiger partial charge >= 0.3 is 5.97 Å². The zero-order chi connectivity index (χ0) is 13.7. The molecule has 3 nitrogen and oxygen atoms in total. The number of hydrogen-bond acceptors (Lipinski definition) is 1. The number of aromatic carboxylic acids is 1. The molecule has 0 saturated heterocycles. The van der Waals surface area contributed by atoms with Gasteiger partial charge in [-0.15, -0.1) is 0 Å². The minimum absolute atomic E-state index is 0.336. The van der Waals surface area contributed by atoms with Crippen molar-refractivity contribution in [2.24, 2.45) is 0 Å². The molecule has 0 amide bonds. The van der Waals surface area contributed by atoms with Crippen molar-refractivity contribution in [3.63, 3.8) is 0 Å². The second-order valence-corrected chi connectivity index (χ2v) is 4.73. The van der Waals surface area contributed by atoms with Crippen LogP contribution in [0.1, 0.15) is 41.4 Å². The van der Waals surface area contributed by atoms with Crippen molar-refractivity contribution >= 4 is 5.97 Å². The molecule has 3 heteroatoms. The number of aromatic nitrogens is 1. The van der Waals surface area contributed by atoms with Gasteiger partial charge in [-0.05, 0) is 42.7 Å². The van der Waals surface area contributed by atoms with Gasteiger partial charge in [0.2, 0.25) is 0 Å². The van der Waals surface area contributed by atoms with Crippen molar-refractivity contribution in [3.8, 4) is 0 Å².